The van der Waals surface area contributed by atoms with Gasteiger partial charge in [-0.15, -0.1) is 0 Å². The van der Waals surface area contributed by atoms with E-state index in [1.807, 2.05) is 68.4 Å². The number of Topliss-reactive ketones (excluding diaryl/α,β-unsaturated/α-hetero) is 1. The topological polar surface area (TPSA) is 120 Å². The van der Waals surface area contributed by atoms with E-state index < -0.39 is 41.3 Å². The van der Waals surface area contributed by atoms with E-state index >= 15 is 0 Å². The molecular formula is C35H50N2O7. The van der Waals surface area contributed by atoms with Crippen LogP contribution in [0.5, 0.6) is 0 Å². The van der Waals surface area contributed by atoms with Gasteiger partial charge in [-0.1, -0.05) is 68.4 Å². The van der Waals surface area contributed by atoms with Gasteiger partial charge in [0.25, 0.3) is 0 Å². The van der Waals surface area contributed by atoms with Gasteiger partial charge >= 0.3 is 18.2 Å². The molecule has 2 aromatic carbocycles. The second-order valence-corrected chi connectivity index (χ2v) is 13.5. The molecule has 9 nitrogen and oxygen atoms in total. The number of ketones is 1. The molecule has 2 atom stereocenters. The molecule has 0 bridgehead atoms. The largest absolute Gasteiger partial charge is 0.461 e. The molecular weight excluding hydrogens is 560 g/mol. The monoisotopic (exact) mass is 610 g/mol. The van der Waals surface area contributed by atoms with Crippen molar-refractivity contribution in [3.8, 4) is 0 Å². The molecule has 0 heterocycles. The van der Waals surface area contributed by atoms with Crippen molar-refractivity contribution in [2.45, 2.75) is 111 Å². The highest BCUT2D eigenvalue weighted by Crippen LogP contribution is 2.22. The van der Waals surface area contributed by atoms with Crippen molar-refractivity contribution in [2.24, 2.45) is 11.8 Å². The third kappa shape index (κ3) is 14.5. The summed E-state index contributed by atoms with van der Waals surface area (Å²) in [6.07, 6.45) is -0.0786. The highest BCUT2D eigenvalue weighted by atomic mass is 16.6. The van der Waals surface area contributed by atoms with Crippen molar-refractivity contribution < 1.29 is 33.4 Å². The van der Waals surface area contributed by atoms with Gasteiger partial charge in [-0.25, -0.2) is 9.59 Å². The predicted octanol–water partition coefficient (Wildman–Crippen LogP) is 6.90. The normalized spacial score (nSPS) is 13.0. The maximum Gasteiger partial charge on any atom is 0.408 e. The maximum absolute atomic E-state index is 13.6. The van der Waals surface area contributed by atoms with E-state index in [-0.39, 0.29) is 31.3 Å². The van der Waals surface area contributed by atoms with Crippen LogP contribution in [0, 0.1) is 11.8 Å². The van der Waals surface area contributed by atoms with Gasteiger partial charge < -0.3 is 24.8 Å². The van der Waals surface area contributed by atoms with E-state index in [1.165, 1.54) is 0 Å². The zero-order chi connectivity index (χ0) is 32.9. The van der Waals surface area contributed by atoms with Crippen LogP contribution in [0.15, 0.2) is 54.6 Å². The Balaban J connectivity index is 2.20. The Kier molecular flexibility index (Phi) is 13.9. The summed E-state index contributed by atoms with van der Waals surface area (Å²) in [4.78, 5) is 51.8. The lowest BCUT2D eigenvalue weighted by atomic mass is 9.89. The number of alkyl carbamates (subject to hydrolysis) is 2. The number of carbonyl (C=O) groups is 4. The van der Waals surface area contributed by atoms with Crippen LogP contribution in [-0.4, -0.2) is 41.2 Å². The third-order valence-electron chi connectivity index (χ3n) is 6.49. The average molecular weight is 611 g/mol. The van der Waals surface area contributed by atoms with Gasteiger partial charge in [0.05, 0.1) is 12.0 Å². The molecule has 2 N–H and O–H groups in total. The molecule has 0 aliphatic carbocycles. The van der Waals surface area contributed by atoms with E-state index in [1.54, 1.807) is 41.5 Å². The minimum Gasteiger partial charge on any atom is -0.461 e. The van der Waals surface area contributed by atoms with Crippen molar-refractivity contribution in [3.63, 3.8) is 0 Å². The second kappa shape index (κ2) is 16.8. The van der Waals surface area contributed by atoms with Crippen LogP contribution in [0.4, 0.5) is 9.59 Å². The predicted molar refractivity (Wildman–Crippen MR) is 170 cm³/mol. The Labute approximate surface area is 262 Å². The van der Waals surface area contributed by atoms with Crippen LogP contribution < -0.4 is 10.6 Å². The Morgan fingerprint density at radius 3 is 1.93 bits per heavy atom. The first-order chi connectivity index (χ1) is 20.5. The molecule has 0 saturated heterocycles. The molecule has 0 spiro atoms. The molecule has 0 fully saturated rings. The standard InChI is InChI=1S/C35H50N2O7/c1-24(2)20-29(37-33(41)44-35(6,7)8)30(38)21-27(31(39)42-23-25-14-10-9-11-15-25)19-18-26-16-12-13-17-28(26)22-36-32(40)43-34(3,4)5/h9-17,24,27,29H,18-23H2,1-8H3,(H,36,40)(H,37,41)/t27-,29-/m0/s1. The number of benzene rings is 2. The lowest BCUT2D eigenvalue weighted by Gasteiger charge is -2.25. The highest BCUT2D eigenvalue weighted by molar-refractivity contribution is 5.90. The molecule has 0 radical (unpaired) electrons. The fourth-order valence-electron chi connectivity index (χ4n) is 4.51. The van der Waals surface area contributed by atoms with Crippen LogP contribution in [0.3, 0.4) is 0 Å². The van der Waals surface area contributed by atoms with Crippen LogP contribution in [0.25, 0.3) is 0 Å². The number of nitrogens with one attached hydrogen (secondary N) is 2. The van der Waals surface area contributed by atoms with Gasteiger partial charge in [0.1, 0.15) is 17.8 Å². The fourth-order valence-corrected chi connectivity index (χ4v) is 4.51. The summed E-state index contributed by atoms with van der Waals surface area (Å²) in [5, 5.41) is 5.50. The van der Waals surface area contributed by atoms with Gasteiger partial charge in [-0.05, 0) is 83.4 Å². The number of aryl methyl sites for hydroxylation is 1. The van der Waals surface area contributed by atoms with Crippen LogP contribution >= 0.6 is 0 Å². The van der Waals surface area contributed by atoms with E-state index in [2.05, 4.69) is 10.6 Å². The summed E-state index contributed by atoms with van der Waals surface area (Å²) < 4.78 is 16.4. The smallest absolute Gasteiger partial charge is 0.408 e. The molecule has 0 unspecified atom stereocenters. The van der Waals surface area contributed by atoms with Crippen LogP contribution in [0.1, 0.15) is 91.3 Å². The van der Waals surface area contributed by atoms with Crippen molar-refractivity contribution >= 4 is 23.9 Å². The number of amides is 2. The molecule has 0 saturated carbocycles. The maximum atomic E-state index is 13.6. The minimum absolute atomic E-state index is 0.0896. The molecule has 0 aliphatic rings. The van der Waals surface area contributed by atoms with Gasteiger partial charge in [0, 0.05) is 13.0 Å². The number of rotatable bonds is 14. The first kappa shape index (κ1) is 36.3. The summed E-state index contributed by atoms with van der Waals surface area (Å²) >= 11 is 0. The number of hydrogen-bond acceptors (Lipinski definition) is 7. The Morgan fingerprint density at radius 1 is 0.773 bits per heavy atom. The SMILES string of the molecule is CC(C)C[C@H](NC(=O)OC(C)(C)C)C(=O)C[C@H](CCc1ccccc1CNC(=O)OC(C)(C)C)C(=O)OCc1ccccc1. The Bertz CT molecular complexity index is 1230. The molecule has 0 aromatic heterocycles. The number of carbonyl (C=O) groups excluding carboxylic acids is 4. The lowest BCUT2D eigenvalue weighted by Crippen LogP contribution is -2.45. The fraction of sp³-hybridized carbons (Fsp3) is 0.543. The summed E-state index contributed by atoms with van der Waals surface area (Å²) in [5.74, 6) is -1.36. The second-order valence-electron chi connectivity index (χ2n) is 13.5. The van der Waals surface area contributed by atoms with E-state index in [0.717, 1.165) is 16.7 Å². The highest BCUT2D eigenvalue weighted by Gasteiger charge is 2.30. The Hall–Kier alpha value is -3.88. The average Bonchev–Trinajstić information content (AvgIpc) is 2.91. The van der Waals surface area contributed by atoms with Gasteiger partial charge in [0.15, 0.2) is 5.78 Å². The molecule has 2 aromatic rings. The van der Waals surface area contributed by atoms with Gasteiger partial charge in [-0.2, -0.15) is 0 Å². The summed E-state index contributed by atoms with van der Waals surface area (Å²) in [7, 11) is 0. The Morgan fingerprint density at radius 2 is 1.34 bits per heavy atom. The molecule has 44 heavy (non-hydrogen) atoms. The third-order valence-corrected chi connectivity index (χ3v) is 6.49. The minimum atomic E-state index is -0.806. The zero-order valence-corrected chi connectivity index (χ0v) is 27.5. The van der Waals surface area contributed by atoms with Gasteiger partial charge in [0.2, 0.25) is 0 Å². The summed E-state index contributed by atoms with van der Waals surface area (Å²) in [6, 6.07) is 16.2. The van der Waals surface area contributed by atoms with Crippen molar-refractivity contribution in [3.05, 3.63) is 71.3 Å². The zero-order valence-electron chi connectivity index (χ0n) is 27.5. The number of esters is 1. The van der Waals surface area contributed by atoms with Gasteiger partial charge in [-0.3, -0.25) is 9.59 Å². The molecule has 9 heteroatoms. The summed E-state index contributed by atoms with van der Waals surface area (Å²) in [6.45, 7) is 14.9. The first-order valence-electron chi connectivity index (χ1n) is 15.3. The number of ether oxygens (including phenoxy) is 3. The molecule has 242 valence electrons. The van der Waals surface area contributed by atoms with Crippen molar-refractivity contribution in [1.82, 2.24) is 10.6 Å². The molecule has 2 rings (SSSR count). The number of hydrogen-bond donors (Lipinski definition) is 2. The van der Waals surface area contributed by atoms with E-state index in [0.29, 0.717) is 19.3 Å². The molecule has 0 aliphatic heterocycles. The lowest BCUT2D eigenvalue weighted by molar-refractivity contribution is -0.151. The van der Waals surface area contributed by atoms with E-state index in [9.17, 15) is 19.2 Å². The van der Waals surface area contributed by atoms with Crippen molar-refractivity contribution in [2.75, 3.05) is 0 Å². The van der Waals surface area contributed by atoms with Crippen LogP contribution in [0.2, 0.25) is 0 Å². The first-order valence-corrected chi connectivity index (χ1v) is 15.3. The quantitative estimate of drug-likeness (QED) is 0.176. The molecule has 2 amide bonds. The van der Waals surface area contributed by atoms with E-state index in [4.69, 9.17) is 14.2 Å². The van der Waals surface area contributed by atoms with Crippen molar-refractivity contribution in [1.29, 1.82) is 0 Å². The van der Waals surface area contributed by atoms with Crippen LogP contribution in [-0.2, 0) is 43.4 Å². The summed E-state index contributed by atoms with van der Waals surface area (Å²) in [5.41, 5.74) is 1.32.